The molecular weight excluding hydrogens is 614 g/mol. The molecule has 11 nitrogen and oxygen atoms in total. The number of hydrogen-bond acceptors (Lipinski definition) is 10. The average Bonchev–Trinajstić information content (AvgIpc) is 3.32. The number of benzene rings is 1. The number of anilines is 3. The van der Waals surface area contributed by atoms with Crippen LogP contribution < -0.4 is 25.6 Å². The topological polar surface area (TPSA) is 131 Å². The number of nitrogens with zero attached hydrogens (tertiary/aromatic N) is 2. The normalized spacial score (nSPS) is 13.3. The summed E-state index contributed by atoms with van der Waals surface area (Å²) in [6.07, 6.45) is 3.50. The van der Waals surface area contributed by atoms with E-state index in [0.717, 1.165) is 47.9 Å². The second kappa shape index (κ2) is 14.2. The lowest BCUT2D eigenvalue weighted by Crippen LogP contribution is -2.39. The van der Waals surface area contributed by atoms with Crippen LogP contribution in [0, 0.1) is 0 Å². The number of amides is 2. The number of aromatic nitrogens is 1. The minimum absolute atomic E-state index is 0.239. The zero-order valence-corrected chi connectivity index (χ0v) is 25.4. The lowest BCUT2D eigenvalue weighted by molar-refractivity contribution is -0.145. The Bertz CT molecular complexity index is 1370. The maximum atomic E-state index is 12.5. The summed E-state index contributed by atoms with van der Waals surface area (Å²) in [5.41, 5.74) is 2.48. The van der Waals surface area contributed by atoms with E-state index in [9.17, 15) is 14.4 Å². The number of nitrogens with one attached hydrogen (secondary N) is 3. The minimum atomic E-state index is -0.548. The lowest BCUT2D eigenvalue weighted by atomic mass is 10.0. The van der Waals surface area contributed by atoms with Crippen LogP contribution >= 0.6 is 27.3 Å². The molecule has 1 saturated heterocycles. The smallest absolute Gasteiger partial charge is 0.351 e. The maximum Gasteiger partial charge on any atom is 0.351 e. The molecule has 1 aliphatic heterocycles. The average molecular weight is 647 g/mol. The van der Waals surface area contributed by atoms with Gasteiger partial charge in [-0.1, -0.05) is 12.1 Å². The van der Waals surface area contributed by atoms with Crippen LogP contribution in [0.25, 0.3) is 10.4 Å². The molecule has 2 amide bonds. The number of ether oxygens (including phenoxy) is 3. The third-order valence-corrected chi connectivity index (χ3v) is 8.59. The van der Waals surface area contributed by atoms with Crippen LogP contribution in [-0.4, -0.2) is 69.5 Å². The van der Waals surface area contributed by atoms with E-state index in [1.54, 1.807) is 20.2 Å². The summed E-state index contributed by atoms with van der Waals surface area (Å²) < 4.78 is 16.1. The van der Waals surface area contributed by atoms with Crippen molar-refractivity contribution >= 4 is 62.4 Å². The van der Waals surface area contributed by atoms with Crippen LogP contribution in [0.2, 0.25) is 0 Å². The molecule has 4 rings (SSSR count). The van der Waals surface area contributed by atoms with E-state index >= 15 is 0 Å². The van der Waals surface area contributed by atoms with Gasteiger partial charge in [0.05, 0.1) is 35.0 Å². The van der Waals surface area contributed by atoms with E-state index in [4.69, 9.17) is 14.2 Å². The van der Waals surface area contributed by atoms with Gasteiger partial charge in [-0.3, -0.25) is 0 Å². The van der Waals surface area contributed by atoms with E-state index in [2.05, 4.69) is 41.8 Å². The highest BCUT2D eigenvalue weighted by molar-refractivity contribution is 9.10. The molecule has 0 radical (unpaired) electrons. The first-order valence-corrected chi connectivity index (χ1v) is 14.7. The van der Waals surface area contributed by atoms with E-state index in [1.807, 2.05) is 36.4 Å². The summed E-state index contributed by atoms with van der Waals surface area (Å²) in [5.74, 6) is 0.0549. The number of carbonyl (C=O) groups is 3. The minimum Gasteiger partial charge on any atom is -0.479 e. The fourth-order valence-electron chi connectivity index (χ4n) is 4.35. The van der Waals surface area contributed by atoms with Crippen molar-refractivity contribution in [3.8, 4) is 16.2 Å². The fourth-order valence-corrected chi connectivity index (χ4v) is 6.32. The Balaban J connectivity index is 1.41. The molecule has 1 aromatic carbocycles. The van der Waals surface area contributed by atoms with Gasteiger partial charge < -0.3 is 35.1 Å². The maximum absolute atomic E-state index is 12.5. The van der Waals surface area contributed by atoms with Gasteiger partial charge in [-0.25, -0.2) is 19.4 Å². The SMILES string of the molecule is CCOC(=O)COc1c(C(=O)OC)sc(-c2cccc(NC3CCN(c4ccc(NC(=O)NC)cn4)CC3)c2)c1Br. The lowest BCUT2D eigenvalue weighted by Gasteiger charge is -2.33. The number of halogens is 1. The summed E-state index contributed by atoms with van der Waals surface area (Å²) in [5, 5.41) is 8.86. The number of urea groups is 1. The number of pyridine rings is 1. The molecule has 218 valence electrons. The van der Waals surface area contributed by atoms with E-state index < -0.39 is 11.9 Å². The quantitative estimate of drug-likeness (QED) is 0.257. The molecule has 1 fully saturated rings. The fraction of sp³-hybridized carbons (Fsp3) is 0.357. The molecule has 0 saturated carbocycles. The summed E-state index contributed by atoms with van der Waals surface area (Å²) in [6.45, 7) is 3.31. The van der Waals surface area contributed by atoms with Crippen LogP contribution in [0.1, 0.15) is 29.4 Å². The molecule has 1 aliphatic rings. The summed E-state index contributed by atoms with van der Waals surface area (Å²) in [7, 11) is 2.87. The molecular formula is C28H32BrN5O6S. The second-order valence-corrected chi connectivity index (χ2v) is 10.9. The molecule has 3 heterocycles. The van der Waals surface area contributed by atoms with Crippen LogP contribution in [0.15, 0.2) is 47.1 Å². The highest BCUT2D eigenvalue weighted by atomic mass is 79.9. The van der Waals surface area contributed by atoms with Crippen LogP contribution in [0.5, 0.6) is 5.75 Å². The van der Waals surface area contributed by atoms with Crippen LogP contribution in [0.4, 0.5) is 22.0 Å². The zero-order valence-electron chi connectivity index (χ0n) is 23.0. The van der Waals surface area contributed by atoms with Gasteiger partial charge in [0.2, 0.25) is 0 Å². The van der Waals surface area contributed by atoms with E-state index in [1.165, 1.54) is 18.4 Å². The number of carbonyl (C=O) groups excluding carboxylic acids is 3. The number of rotatable bonds is 10. The Morgan fingerprint density at radius 1 is 1.15 bits per heavy atom. The monoisotopic (exact) mass is 645 g/mol. The molecule has 3 aromatic rings. The zero-order chi connectivity index (χ0) is 29.4. The van der Waals surface area contributed by atoms with Crippen molar-refractivity contribution in [1.82, 2.24) is 10.3 Å². The van der Waals surface area contributed by atoms with Gasteiger partial charge in [-0.2, -0.15) is 0 Å². The number of piperidine rings is 1. The molecule has 0 aliphatic carbocycles. The van der Waals surface area contributed by atoms with Crippen molar-refractivity contribution in [2.24, 2.45) is 0 Å². The molecule has 41 heavy (non-hydrogen) atoms. The molecule has 0 unspecified atom stereocenters. The number of esters is 2. The van der Waals surface area contributed by atoms with Crippen molar-refractivity contribution in [3.63, 3.8) is 0 Å². The number of thiophene rings is 1. The highest BCUT2D eigenvalue weighted by Gasteiger charge is 2.26. The van der Waals surface area contributed by atoms with E-state index in [-0.39, 0.29) is 35.9 Å². The third-order valence-electron chi connectivity index (χ3n) is 6.37. The second-order valence-electron chi connectivity index (χ2n) is 9.08. The third kappa shape index (κ3) is 7.67. The van der Waals surface area contributed by atoms with Gasteiger partial charge in [-0.05, 0) is 65.5 Å². The predicted octanol–water partition coefficient (Wildman–Crippen LogP) is 5.13. The van der Waals surface area contributed by atoms with Gasteiger partial charge in [-0.15, -0.1) is 11.3 Å². The van der Waals surface area contributed by atoms with Crippen molar-refractivity contribution in [2.45, 2.75) is 25.8 Å². The first-order chi connectivity index (χ1) is 19.8. The van der Waals surface area contributed by atoms with Crippen LogP contribution in [0.3, 0.4) is 0 Å². The Morgan fingerprint density at radius 3 is 2.59 bits per heavy atom. The summed E-state index contributed by atoms with van der Waals surface area (Å²) in [4.78, 5) is 43.6. The highest BCUT2D eigenvalue weighted by Crippen LogP contribution is 2.46. The Labute approximate surface area is 250 Å². The van der Waals surface area contributed by atoms with Gasteiger partial charge in [0.1, 0.15) is 5.82 Å². The molecule has 3 N–H and O–H groups in total. The largest absolute Gasteiger partial charge is 0.479 e. The van der Waals surface area contributed by atoms with Crippen molar-refractivity contribution in [2.75, 3.05) is 56.0 Å². The van der Waals surface area contributed by atoms with Gasteiger partial charge in [0.15, 0.2) is 17.2 Å². The Hall–Kier alpha value is -3.84. The van der Waals surface area contributed by atoms with Crippen molar-refractivity contribution in [1.29, 1.82) is 0 Å². The molecule has 2 aromatic heterocycles. The number of hydrogen-bond donors (Lipinski definition) is 3. The molecule has 0 spiro atoms. The first-order valence-electron chi connectivity index (χ1n) is 13.1. The van der Waals surface area contributed by atoms with Gasteiger partial charge in [0.25, 0.3) is 0 Å². The van der Waals surface area contributed by atoms with Crippen molar-refractivity contribution in [3.05, 3.63) is 51.9 Å². The summed E-state index contributed by atoms with van der Waals surface area (Å²) >= 11 is 4.80. The van der Waals surface area contributed by atoms with Crippen LogP contribution in [-0.2, 0) is 14.3 Å². The first kappa shape index (κ1) is 30.1. The Kier molecular flexibility index (Phi) is 10.4. The standard InChI is InChI=1S/C28H32BrN5O6S/c1-4-39-22(35)16-40-24-23(29)25(41-26(24)27(36)38-3)17-6-5-7-19(14-17)32-18-10-12-34(13-11-18)21-9-8-20(15-31-21)33-28(37)30-2/h5-9,14-15,18,32H,4,10-13,16H2,1-3H3,(H2,30,33,37). The molecule has 0 atom stereocenters. The Morgan fingerprint density at radius 2 is 1.93 bits per heavy atom. The van der Waals surface area contributed by atoms with Gasteiger partial charge in [0, 0.05) is 31.9 Å². The van der Waals surface area contributed by atoms with Gasteiger partial charge >= 0.3 is 18.0 Å². The molecule has 13 heteroatoms. The van der Waals surface area contributed by atoms with Crippen molar-refractivity contribution < 1.29 is 28.6 Å². The molecule has 0 bridgehead atoms. The summed E-state index contributed by atoms with van der Waals surface area (Å²) in [6, 6.07) is 11.7. The van der Waals surface area contributed by atoms with E-state index in [0.29, 0.717) is 10.2 Å². The number of methoxy groups -OCH3 is 1. The predicted molar refractivity (Wildman–Crippen MR) is 162 cm³/mol.